The van der Waals surface area contributed by atoms with Gasteiger partial charge < -0.3 is 0 Å². The molecule has 1 saturated carbocycles. The van der Waals surface area contributed by atoms with Crippen LogP contribution in [0, 0.1) is 23.2 Å². The molecule has 0 aromatic rings. The zero-order chi connectivity index (χ0) is 9.90. The highest BCUT2D eigenvalue weighted by molar-refractivity contribution is 4.89. The van der Waals surface area contributed by atoms with Crippen molar-refractivity contribution >= 4 is 0 Å². The molecule has 1 atom stereocenters. The maximum Gasteiger partial charge on any atom is 0.249 e. The molecule has 0 aromatic carbocycles. The van der Waals surface area contributed by atoms with Gasteiger partial charge in [-0.25, -0.2) is 8.78 Å². The van der Waals surface area contributed by atoms with Gasteiger partial charge in [0.2, 0.25) is 5.92 Å². The van der Waals surface area contributed by atoms with Gasteiger partial charge in [-0.15, -0.1) is 0 Å². The van der Waals surface area contributed by atoms with Crippen molar-refractivity contribution in [2.75, 3.05) is 0 Å². The molecule has 13 heavy (non-hydrogen) atoms. The zero-order valence-corrected chi connectivity index (χ0v) is 7.89. The number of nitriles is 1. The van der Waals surface area contributed by atoms with Gasteiger partial charge >= 0.3 is 0 Å². The van der Waals surface area contributed by atoms with Crippen molar-refractivity contribution in [2.45, 2.75) is 45.0 Å². The highest BCUT2D eigenvalue weighted by Crippen LogP contribution is 2.41. The second kappa shape index (κ2) is 4.04. The van der Waals surface area contributed by atoms with E-state index in [1.807, 2.05) is 6.07 Å². The minimum absolute atomic E-state index is 0.00579. The molecular formula is C10H15F2N. The fourth-order valence-corrected chi connectivity index (χ4v) is 2.22. The van der Waals surface area contributed by atoms with Crippen LogP contribution in [0.2, 0.25) is 0 Å². The van der Waals surface area contributed by atoms with Gasteiger partial charge in [0.05, 0.1) is 6.07 Å². The average Bonchev–Trinajstić information content (AvgIpc) is 2.49. The van der Waals surface area contributed by atoms with Crippen molar-refractivity contribution in [1.29, 1.82) is 5.26 Å². The van der Waals surface area contributed by atoms with Crippen LogP contribution in [0.5, 0.6) is 0 Å². The fraction of sp³-hybridized carbons (Fsp3) is 0.900. The summed E-state index contributed by atoms with van der Waals surface area (Å²) in [5, 5.41) is 8.48. The summed E-state index contributed by atoms with van der Waals surface area (Å²) >= 11 is 0. The quantitative estimate of drug-likeness (QED) is 0.664. The van der Waals surface area contributed by atoms with E-state index in [1.54, 1.807) is 0 Å². The van der Waals surface area contributed by atoms with Crippen molar-refractivity contribution in [3.05, 3.63) is 0 Å². The van der Waals surface area contributed by atoms with Crippen molar-refractivity contribution in [1.82, 2.24) is 0 Å². The van der Waals surface area contributed by atoms with Crippen LogP contribution in [-0.2, 0) is 0 Å². The Kier molecular flexibility index (Phi) is 3.24. The molecule has 0 aromatic heterocycles. The van der Waals surface area contributed by atoms with E-state index < -0.39 is 11.8 Å². The molecule has 0 heterocycles. The minimum Gasteiger partial charge on any atom is -0.207 e. The number of alkyl halides is 2. The topological polar surface area (TPSA) is 23.8 Å². The number of nitrogens with zero attached hydrogens (tertiary/aromatic N) is 1. The normalized spacial score (nSPS) is 21.4. The largest absolute Gasteiger partial charge is 0.249 e. The lowest BCUT2D eigenvalue weighted by molar-refractivity contribution is -0.0603. The van der Waals surface area contributed by atoms with Crippen LogP contribution in [0.3, 0.4) is 0 Å². The summed E-state index contributed by atoms with van der Waals surface area (Å²) in [4.78, 5) is 0. The van der Waals surface area contributed by atoms with Crippen molar-refractivity contribution in [3.8, 4) is 6.07 Å². The van der Waals surface area contributed by atoms with Crippen molar-refractivity contribution in [2.24, 2.45) is 11.8 Å². The van der Waals surface area contributed by atoms with Gasteiger partial charge in [0, 0.05) is 12.3 Å². The molecule has 0 bridgehead atoms. The number of rotatable bonds is 3. The van der Waals surface area contributed by atoms with E-state index in [9.17, 15) is 8.78 Å². The highest BCUT2D eigenvalue weighted by Gasteiger charge is 2.40. The molecule has 0 saturated heterocycles. The average molecular weight is 187 g/mol. The Labute approximate surface area is 77.7 Å². The molecule has 1 aliphatic rings. The molecule has 0 N–H and O–H groups in total. The summed E-state index contributed by atoms with van der Waals surface area (Å²) in [6, 6.07) is 1.87. The monoisotopic (exact) mass is 187 g/mol. The second-order valence-electron chi connectivity index (χ2n) is 3.97. The SMILES string of the molecule is CC(F)(F)C(CC#N)C1CCCC1. The summed E-state index contributed by atoms with van der Waals surface area (Å²) in [5.41, 5.74) is 0. The Morgan fingerprint density at radius 2 is 2.00 bits per heavy atom. The van der Waals surface area contributed by atoms with E-state index in [-0.39, 0.29) is 12.3 Å². The Morgan fingerprint density at radius 1 is 1.46 bits per heavy atom. The first kappa shape index (κ1) is 10.4. The third kappa shape index (κ3) is 2.65. The summed E-state index contributed by atoms with van der Waals surface area (Å²) in [6.07, 6.45) is 3.82. The molecule has 1 unspecified atom stereocenters. The van der Waals surface area contributed by atoms with E-state index >= 15 is 0 Å². The van der Waals surface area contributed by atoms with Crippen LogP contribution in [0.25, 0.3) is 0 Å². The zero-order valence-electron chi connectivity index (χ0n) is 7.89. The van der Waals surface area contributed by atoms with Crippen LogP contribution >= 0.6 is 0 Å². The van der Waals surface area contributed by atoms with Crippen LogP contribution in [0.1, 0.15) is 39.0 Å². The molecule has 1 aliphatic carbocycles. The van der Waals surface area contributed by atoms with Gasteiger partial charge in [-0.3, -0.25) is 0 Å². The molecule has 0 amide bonds. The first-order valence-corrected chi connectivity index (χ1v) is 4.80. The molecule has 1 rings (SSSR count). The number of hydrogen-bond donors (Lipinski definition) is 0. The van der Waals surface area contributed by atoms with Crippen molar-refractivity contribution < 1.29 is 8.78 Å². The fourth-order valence-electron chi connectivity index (χ4n) is 2.22. The van der Waals surface area contributed by atoms with Crippen LogP contribution < -0.4 is 0 Å². The molecule has 1 fully saturated rings. The molecule has 0 radical (unpaired) electrons. The summed E-state index contributed by atoms with van der Waals surface area (Å²) in [5.74, 6) is -3.34. The highest BCUT2D eigenvalue weighted by atomic mass is 19.3. The van der Waals surface area contributed by atoms with Gasteiger partial charge in [-0.2, -0.15) is 5.26 Å². The Hall–Kier alpha value is -0.650. The van der Waals surface area contributed by atoms with Crippen LogP contribution in [0.15, 0.2) is 0 Å². The van der Waals surface area contributed by atoms with Gasteiger partial charge in [-0.05, 0) is 25.7 Å². The maximum absolute atomic E-state index is 13.1. The molecule has 0 aliphatic heterocycles. The number of halogens is 2. The lowest BCUT2D eigenvalue weighted by Crippen LogP contribution is -2.29. The minimum atomic E-state index is -2.69. The van der Waals surface area contributed by atoms with Crippen LogP contribution in [0.4, 0.5) is 8.78 Å². The first-order valence-electron chi connectivity index (χ1n) is 4.80. The van der Waals surface area contributed by atoms with Gasteiger partial charge in [0.25, 0.3) is 0 Å². The lowest BCUT2D eigenvalue weighted by atomic mass is 9.84. The van der Waals surface area contributed by atoms with E-state index in [4.69, 9.17) is 5.26 Å². The Balaban J connectivity index is 2.62. The predicted molar refractivity (Wildman–Crippen MR) is 46.3 cm³/mol. The third-order valence-electron chi connectivity index (χ3n) is 2.93. The van der Waals surface area contributed by atoms with Crippen LogP contribution in [-0.4, -0.2) is 5.92 Å². The Bertz CT molecular complexity index is 196. The van der Waals surface area contributed by atoms with E-state index in [0.29, 0.717) is 0 Å². The molecule has 74 valence electrons. The predicted octanol–water partition coefficient (Wildman–Crippen LogP) is 3.36. The van der Waals surface area contributed by atoms with Gasteiger partial charge in [0.1, 0.15) is 0 Å². The first-order chi connectivity index (χ1) is 6.05. The van der Waals surface area contributed by atoms with E-state index in [1.165, 1.54) is 0 Å². The Morgan fingerprint density at radius 3 is 2.38 bits per heavy atom. The summed E-state index contributed by atoms with van der Waals surface area (Å²) in [6.45, 7) is 0.938. The smallest absolute Gasteiger partial charge is 0.207 e. The molecule has 3 heteroatoms. The van der Waals surface area contributed by atoms with Crippen molar-refractivity contribution in [3.63, 3.8) is 0 Å². The lowest BCUT2D eigenvalue weighted by Gasteiger charge is -2.26. The molecular weight excluding hydrogens is 172 g/mol. The molecule has 0 spiro atoms. The van der Waals surface area contributed by atoms with Gasteiger partial charge in [-0.1, -0.05) is 12.8 Å². The third-order valence-corrected chi connectivity index (χ3v) is 2.93. The maximum atomic E-state index is 13.1. The second-order valence-corrected chi connectivity index (χ2v) is 3.97. The summed E-state index contributed by atoms with van der Waals surface area (Å²) in [7, 11) is 0. The number of hydrogen-bond acceptors (Lipinski definition) is 1. The molecule has 1 nitrogen and oxygen atoms in total. The van der Waals surface area contributed by atoms with E-state index in [2.05, 4.69) is 0 Å². The van der Waals surface area contributed by atoms with E-state index in [0.717, 1.165) is 32.6 Å². The summed E-state index contributed by atoms with van der Waals surface area (Å²) < 4.78 is 26.1. The standard InChI is InChI=1S/C10H15F2N/c1-10(11,12)9(6-7-13)8-4-2-3-5-8/h8-9H,2-6H2,1H3. The van der Waals surface area contributed by atoms with Gasteiger partial charge in [0.15, 0.2) is 0 Å².